The summed E-state index contributed by atoms with van der Waals surface area (Å²) in [6, 6.07) is -0.615. The quantitative estimate of drug-likeness (QED) is 0.693. The smallest absolute Gasteiger partial charge is 0.325 e. The maximum atomic E-state index is 12.0. The van der Waals surface area contributed by atoms with E-state index < -0.39 is 24.8 Å². The highest BCUT2D eigenvalue weighted by Gasteiger charge is 2.36. The predicted molar refractivity (Wildman–Crippen MR) is 53.2 cm³/mol. The Morgan fingerprint density at radius 1 is 1.67 bits per heavy atom. The van der Waals surface area contributed by atoms with Crippen molar-refractivity contribution < 1.29 is 19.0 Å². The first-order valence-electron chi connectivity index (χ1n) is 5.26. The molecule has 0 bridgehead atoms. The molecule has 0 aromatic carbocycles. The first-order chi connectivity index (χ1) is 7.20. The van der Waals surface area contributed by atoms with Crippen molar-refractivity contribution in [2.75, 3.05) is 26.9 Å². The van der Waals surface area contributed by atoms with Crippen LogP contribution >= 0.6 is 0 Å². The number of aliphatic hydroxyl groups is 1. The third-order valence-electron chi connectivity index (χ3n) is 2.72. The fourth-order valence-electron chi connectivity index (χ4n) is 1.98. The standard InChI is InChI=1S/C10H18FNO3/c1-15-10(14)9-8(13)4-2-6-12(9)7-3-5-11/h8-9,13H,2-7H2,1H3/t8-,9-/m1/s1. The number of piperidine rings is 1. The van der Waals surface area contributed by atoms with Crippen LogP contribution in [0, 0.1) is 0 Å². The van der Waals surface area contributed by atoms with Crippen molar-refractivity contribution in [3.63, 3.8) is 0 Å². The van der Waals surface area contributed by atoms with E-state index in [0.29, 0.717) is 19.4 Å². The van der Waals surface area contributed by atoms with E-state index in [1.165, 1.54) is 7.11 Å². The Bertz CT molecular complexity index is 213. The van der Waals surface area contributed by atoms with E-state index in [0.717, 1.165) is 13.0 Å². The minimum Gasteiger partial charge on any atom is -0.468 e. The number of halogens is 1. The van der Waals surface area contributed by atoms with Gasteiger partial charge in [-0.1, -0.05) is 0 Å². The van der Waals surface area contributed by atoms with Crippen LogP contribution < -0.4 is 0 Å². The number of rotatable bonds is 4. The Morgan fingerprint density at radius 3 is 3.00 bits per heavy atom. The number of alkyl halides is 1. The Labute approximate surface area is 89.0 Å². The number of hydrogen-bond donors (Lipinski definition) is 1. The molecule has 1 saturated heterocycles. The van der Waals surface area contributed by atoms with Crippen LogP contribution in [0.2, 0.25) is 0 Å². The largest absolute Gasteiger partial charge is 0.468 e. The summed E-state index contributed by atoms with van der Waals surface area (Å²) >= 11 is 0. The van der Waals surface area contributed by atoms with Gasteiger partial charge in [-0.05, 0) is 25.8 Å². The van der Waals surface area contributed by atoms with Gasteiger partial charge in [-0.3, -0.25) is 14.1 Å². The first-order valence-corrected chi connectivity index (χ1v) is 5.26. The van der Waals surface area contributed by atoms with Gasteiger partial charge in [-0.25, -0.2) is 0 Å². The van der Waals surface area contributed by atoms with Crippen LogP contribution in [-0.2, 0) is 9.53 Å². The molecule has 1 N–H and O–H groups in total. The molecular weight excluding hydrogens is 201 g/mol. The zero-order valence-electron chi connectivity index (χ0n) is 8.99. The van der Waals surface area contributed by atoms with Gasteiger partial charge >= 0.3 is 5.97 Å². The summed E-state index contributed by atoms with van der Waals surface area (Å²) in [5.74, 6) is -0.430. The molecule has 1 aliphatic heterocycles. The lowest BCUT2D eigenvalue weighted by Crippen LogP contribution is -2.53. The van der Waals surface area contributed by atoms with E-state index in [4.69, 9.17) is 0 Å². The Morgan fingerprint density at radius 2 is 2.40 bits per heavy atom. The number of carbonyl (C=O) groups excluding carboxylic acids is 1. The molecule has 0 aromatic heterocycles. The van der Waals surface area contributed by atoms with Gasteiger partial charge in [0.2, 0.25) is 0 Å². The van der Waals surface area contributed by atoms with E-state index in [9.17, 15) is 14.3 Å². The van der Waals surface area contributed by atoms with Gasteiger partial charge in [0.15, 0.2) is 0 Å². The molecule has 2 atom stereocenters. The summed E-state index contributed by atoms with van der Waals surface area (Å²) in [7, 11) is 1.30. The van der Waals surface area contributed by atoms with Crippen LogP contribution in [0.3, 0.4) is 0 Å². The molecule has 4 nitrogen and oxygen atoms in total. The minimum absolute atomic E-state index is 0.389. The van der Waals surface area contributed by atoms with E-state index in [-0.39, 0.29) is 0 Å². The normalized spacial score (nSPS) is 27.7. The second-order valence-corrected chi connectivity index (χ2v) is 3.76. The van der Waals surface area contributed by atoms with Gasteiger partial charge < -0.3 is 9.84 Å². The zero-order chi connectivity index (χ0) is 11.3. The SMILES string of the molecule is COC(=O)[C@H]1[C@H](O)CCCN1CCCF. The molecule has 0 unspecified atom stereocenters. The number of nitrogens with zero attached hydrogens (tertiary/aromatic N) is 1. The number of hydrogen-bond acceptors (Lipinski definition) is 4. The average molecular weight is 219 g/mol. The predicted octanol–water partition coefficient (Wildman–Crippen LogP) is 0.344. The van der Waals surface area contributed by atoms with Crippen LogP contribution in [0.15, 0.2) is 0 Å². The number of aliphatic hydroxyl groups excluding tert-OH is 1. The third kappa shape index (κ3) is 3.14. The molecule has 0 radical (unpaired) electrons. The van der Waals surface area contributed by atoms with Crippen molar-refractivity contribution >= 4 is 5.97 Å². The lowest BCUT2D eigenvalue weighted by atomic mass is 9.98. The molecule has 0 aromatic rings. The molecule has 88 valence electrons. The summed E-state index contributed by atoms with van der Waals surface area (Å²) in [5.41, 5.74) is 0. The summed E-state index contributed by atoms with van der Waals surface area (Å²) in [4.78, 5) is 13.2. The van der Waals surface area contributed by atoms with Crippen molar-refractivity contribution in [3.05, 3.63) is 0 Å². The molecule has 15 heavy (non-hydrogen) atoms. The summed E-state index contributed by atoms with van der Waals surface area (Å²) in [6.45, 7) is 0.810. The number of likely N-dealkylation sites (tertiary alicyclic amines) is 1. The van der Waals surface area contributed by atoms with Gasteiger partial charge in [0, 0.05) is 6.54 Å². The van der Waals surface area contributed by atoms with Crippen LogP contribution in [0.5, 0.6) is 0 Å². The van der Waals surface area contributed by atoms with Crippen LogP contribution in [0.25, 0.3) is 0 Å². The molecular formula is C10H18FNO3. The maximum absolute atomic E-state index is 12.0. The first kappa shape index (κ1) is 12.4. The third-order valence-corrected chi connectivity index (χ3v) is 2.72. The van der Waals surface area contributed by atoms with Gasteiger partial charge in [0.25, 0.3) is 0 Å². The molecule has 1 rings (SSSR count). The number of ether oxygens (including phenoxy) is 1. The van der Waals surface area contributed by atoms with Crippen LogP contribution in [-0.4, -0.2) is 55.0 Å². The van der Waals surface area contributed by atoms with E-state index in [1.807, 2.05) is 0 Å². The van der Waals surface area contributed by atoms with Crippen molar-refractivity contribution in [2.45, 2.75) is 31.4 Å². The Kier molecular flexibility index (Phi) is 4.98. The monoisotopic (exact) mass is 219 g/mol. The topological polar surface area (TPSA) is 49.8 Å². The van der Waals surface area contributed by atoms with E-state index in [2.05, 4.69) is 4.74 Å². The average Bonchev–Trinajstić information content (AvgIpc) is 2.25. The fraction of sp³-hybridized carbons (Fsp3) is 0.900. The molecule has 1 heterocycles. The highest BCUT2D eigenvalue weighted by Crippen LogP contribution is 2.19. The van der Waals surface area contributed by atoms with Gasteiger partial charge in [0.1, 0.15) is 6.04 Å². The fourth-order valence-corrected chi connectivity index (χ4v) is 1.98. The van der Waals surface area contributed by atoms with Gasteiger partial charge in [-0.15, -0.1) is 0 Å². The lowest BCUT2D eigenvalue weighted by molar-refractivity contribution is -0.154. The Hall–Kier alpha value is -0.680. The zero-order valence-corrected chi connectivity index (χ0v) is 8.99. The van der Waals surface area contributed by atoms with Crippen LogP contribution in [0.1, 0.15) is 19.3 Å². The molecule has 1 fully saturated rings. The second kappa shape index (κ2) is 6.02. The van der Waals surface area contributed by atoms with Crippen molar-refractivity contribution in [2.24, 2.45) is 0 Å². The maximum Gasteiger partial charge on any atom is 0.325 e. The lowest BCUT2D eigenvalue weighted by Gasteiger charge is -2.36. The van der Waals surface area contributed by atoms with Gasteiger partial charge in [0.05, 0.1) is 19.9 Å². The number of carbonyl (C=O) groups is 1. The summed E-state index contributed by atoms with van der Waals surface area (Å²) in [6.07, 6.45) is 1.14. The molecule has 0 amide bonds. The van der Waals surface area contributed by atoms with Crippen LogP contribution in [0.4, 0.5) is 4.39 Å². The molecule has 1 aliphatic rings. The van der Waals surface area contributed by atoms with E-state index >= 15 is 0 Å². The molecule has 0 saturated carbocycles. The van der Waals surface area contributed by atoms with E-state index in [1.54, 1.807) is 4.90 Å². The molecule has 0 spiro atoms. The highest BCUT2D eigenvalue weighted by molar-refractivity contribution is 5.76. The summed E-state index contributed by atoms with van der Waals surface area (Å²) < 4.78 is 16.7. The van der Waals surface area contributed by atoms with Gasteiger partial charge in [-0.2, -0.15) is 0 Å². The highest BCUT2D eigenvalue weighted by atomic mass is 19.1. The van der Waals surface area contributed by atoms with Crippen molar-refractivity contribution in [1.29, 1.82) is 0 Å². The number of methoxy groups -OCH3 is 1. The second-order valence-electron chi connectivity index (χ2n) is 3.76. The summed E-state index contributed by atoms with van der Waals surface area (Å²) in [5, 5.41) is 9.70. The van der Waals surface area contributed by atoms with Crippen molar-refractivity contribution in [1.82, 2.24) is 4.90 Å². The Balaban J connectivity index is 2.59. The molecule has 5 heteroatoms. The molecule has 0 aliphatic carbocycles. The number of esters is 1. The van der Waals surface area contributed by atoms with Crippen molar-refractivity contribution in [3.8, 4) is 0 Å². The minimum atomic E-state index is -0.689.